The minimum Gasteiger partial charge on any atom is -0.475 e. The van der Waals surface area contributed by atoms with Crippen LogP contribution >= 0.6 is 11.8 Å². The molecule has 0 radical (unpaired) electrons. The van der Waals surface area contributed by atoms with Gasteiger partial charge in [0.2, 0.25) is 0 Å². The summed E-state index contributed by atoms with van der Waals surface area (Å²) in [5, 5.41) is 0. The van der Waals surface area contributed by atoms with E-state index in [2.05, 4.69) is 11.9 Å². The molecular formula is C17H24FNOS. The first-order valence-electron chi connectivity index (χ1n) is 7.86. The first-order chi connectivity index (χ1) is 10.3. The molecule has 0 aliphatic carbocycles. The van der Waals surface area contributed by atoms with Crippen molar-refractivity contribution < 1.29 is 9.13 Å². The zero-order valence-corrected chi connectivity index (χ0v) is 13.5. The first-order valence-corrected chi connectivity index (χ1v) is 8.85. The number of ether oxygens (including phenoxy) is 1. The predicted octanol–water partition coefficient (Wildman–Crippen LogP) is 5.08. The van der Waals surface area contributed by atoms with Gasteiger partial charge in [0.05, 0.1) is 6.54 Å². The normalized spacial score (nSPS) is 17.6. The Kier molecular flexibility index (Phi) is 7.07. The van der Waals surface area contributed by atoms with Crippen LogP contribution in [0.3, 0.4) is 0 Å². The smallest absolute Gasteiger partial charge is 0.183 e. The molecule has 1 aliphatic heterocycles. The molecule has 4 heteroatoms. The lowest BCUT2D eigenvalue weighted by Gasteiger charge is -2.11. The lowest BCUT2D eigenvalue weighted by atomic mass is 10.1. The standard InChI is InChI=1S/C17H24FNOS/c1-2-3-4-5-6-7-17-19-12-15(20-17)13-21-16-10-8-14(18)9-11-16/h8-11,15H,2-7,12-13H2,1H3. The Bertz CT molecular complexity index is 447. The number of halogens is 1. The summed E-state index contributed by atoms with van der Waals surface area (Å²) >= 11 is 1.70. The molecule has 1 aromatic carbocycles. The fourth-order valence-corrected chi connectivity index (χ4v) is 3.18. The minimum atomic E-state index is -0.190. The van der Waals surface area contributed by atoms with Crippen LogP contribution in [0.5, 0.6) is 0 Å². The molecule has 1 unspecified atom stereocenters. The first kappa shape index (κ1) is 16.3. The van der Waals surface area contributed by atoms with E-state index in [1.54, 1.807) is 11.8 Å². The number of aliphatic imine (C=N–C) groups is 1. The second-order valence-corrected chi connectivity index (χ2v) is 6.50. The van der Waals surface area contributed by atoms with Crippen LogP contribution in [0.25, 0.3) is 0 Å². The molecular weight excluding hydrogens is 285 g/mol. The Balaban J connectivity index is 1.59. The van der Waals surface area contributed by atoms with Crippen molar-refractivity contribution in [3.63, 3.8) is 0 Å². The van der Waals surface area contributed by atoms with Crippen LogP contribution in [0.15, 0.2) is 34.2 Å². The van der Waals surface area contributed by atoms with Gasteiger partial charge in [0, 0.05) is 17.1 Å². The maximum absolute atomic E-state index is 12.8. The molecule has 0 N–H and O–H groups in total. The van der Waals surface area contributed by atoms with Crippen molar-refractivity contribution in [2.45, 2.75) is 56.4 Å². The van der Waals surface area contributed by atoms with Crippen molar-refractivity contribution in [1.29, 1.82) is 0 Å². The zero-order valence-electron chi connectivity index (χ0n) is 12.7. The van der Waals surface area contributed by atoms with Gasteiger partial charge >= 0.3 is 0 Å². The van der Waals surface area contributed by atoms with Gasteiger partial charge in [-0.2, -0.15) is 0 Å². The van der Waals surface area contributed by atoms with E-state index in [-0.39, 0.29) is 11.9 Å². The van der Waals surface area contributed by atoms with E-state index in [1.807, 2.05) is 12.1 Å². The minimum absolute atomic E-state index is 0.172. The highest BCUT2D eigenvalue weighted by atomic mass is 32.2. The topological polar surface area (TPSA) is 21.6 Å². The SMILES string of the molecule is CCCCCCCC1=NCC(CSc2ccc(F)cc2)O1. The molecule has 1 atom stereocenters. The Morgan fingerprint density at radius 1 is 1.19 bits per heavy atom. The van der Waals surface area contributed by atoms with Gasteiger partial charge in [0.25, 0.3) is 0 Å². The molecule has 1 aromatic rings. The van der Waals surface area contributed by atoms with E-state index in [0.717, 1.165) is 29.5 Å². The second kappa shape index (κ2) is 9.08. The number of rotatable bonds is 9. The van der Waals surface area contributed by atoms with E-state index >= 15 is 0 Å². The molecule has 0 spiro atoms. The summed E-state index contributed by atoms with van der Waals surface area (Å²) in [6, 6.07) is 6.61. The molecule has 2 rings (SSSR count). The van der Waals surface area contributed by atoms with E-state index in [0.29, 0.717) is 0 Å². The lowest BCUT2D eigenvalue weighted by molar-refractivity contribution is 0.243. The number of hydrogen-bond acceptors (Lipinski definition) is 3. The number of nitrogens with zero attached hydrogens (tertiary/aromatic N) is 1. The zero-order chi connectivity index (χ0) is 14.9. The van der Waals surface area contributed by atoms with Gasteiger partial charge in [0.1, 0.15) is 11.9 Å². The summed E-state index contributed by atoms with van der Waals surface area (Å²) in [6.45, 7) is 2.99. The van der Waals surface area contributed by atoms with Crippen LogP contribution in [-0.2, 0) is 4.74 Å². The highest BCUT2D eigenvalue weighted by Gasteiger charge is 2.19. The second-order valence-electron chi connectivity index (χ2n) is 5.40. The van der Waals surface area contributed by atoms with E-state index in [4.69, 9.17) is 4.74 Å². The summed E-state index contributed by atoms with van der Waals surface area (Å²) in [4.78, 5) is 5.56. The highest BCUT2D eigenvalue weighted by Crippen LogP contribution is 2.22. The fourth-order valence-electron chi connectivity index (χ4n) is 2.30. The van der Waals surface area contributed by atoms with Crippen molar-refractivity contribution in [2.24, 2.45) is 4.99 Å². The van der Waals surface area contributed by atoms with Gasteiger partial charge in [-0.15, -0.1) is 11.8 Å². The van der Waals surface area contributed by atoms with E-state index in [9.17, 15) is 4.39 Å². The van der Waals surface area contributed by atoms with Gasteiger partial charge in [0.15, 0.2) is 5.90 Å². The Morgan fingerprint density at radius 2 is 1.95 bits per heavy atom. The monoisotopic (exact) mass is 309 g/mol. The average molecular weight is 309 g/mol. The quantitative estimate of drug-likeness (QED) is 0.469. The van der Waals surface area contributed by atoms with Crippen LogP contribution in [-0.4, -0.2) is 24.3 Å². The van der Waals surface area contributed by atoms with Crippen LogP contribution in [0.2, 0.25) is 0 Å². The van der Waals surface area contributed by atoms with E-state index in [1.165, 1.54) is 44.2 Å². The largest absolute Gasteiger partial charge is 0.475 e. The molecule has 0 amide bonds. The number of benzene rings is 1. The highest BCUT2D eigenvalue weighted by molar-refractivity contribution is 7.99. The average Bonchev–Trinajstić information content (AvgIpc) is 2.94. The predicted molar refractivity (Wildman–Crippen MR) is 87.7 cm³/mol. The summed E-state index contributed by atoms with van der Waals surface area (Å²) in [7, 11) is 0. The van der Waals surface area contributed by atoms with Crippen molar-refractivity contribution in [3.05, 3.63) is 30.1 Å². The third-order valence-electron chi connectivity index (χ3n) is 3.52. The van der Waals surface area contributed by atoms with Gasteiger partial charge < -0.3 is 4.74 Å². The lowest BCUT2D eigenvalue weighted by Crippen LogP contribution is -2.15. The van der Waals surface area contributed by atoms with Crippen LogP contribution in [0.1, 0.15) is 45.4 Å². The summed E-state index contributed by atoms with van der Waals surface area (Å²) in [6.07, 6.45) is 7.51. The summed E-state index contributed by atoms with van der Waals surface area (Å²) < 4.78 is 18.7. The van der Waals surface area contributed by atoms with Gasteiger partial charge in [-0.3, -0.25) is 4.99 Å². The molecule has 1 aliphatic rings. The maximum Gasteiger partial charge on any atom is 0.183 e. The fraction of sp³-hybridized carbons (Fsp3) is 0.588. The molecule has 0 fully saturated rings. The Labute approximate surface area is 131 Å². The van der Waals surface area contributed by atoms with Crippen molar-refractivity contribution in [2.75, 3.05) is 12.3 Å². The van der Waals surface area contributed by atoms with Crippen LogP contribution in [0.4, 0.5) is 4.39 Å². The van der Waals surface area contributed by atoms with Crippen molar-refractivity contribution in [1.82, 2.24) is 0 Å². The van der Waals surface area contributed by atoms with Crippen LogP contribution in [0, 0.1) is 5.82 Å². The third-order valence-corrected chi connectivity index (χ3v) is 4.66. The van der Waals surface area contributed by atoms with Gasteiger partial charge in [-0.05, 0) is 30.7 Å². The van der Waals surface area contributed by atoms with Gasteiger partial charge in [-0.1, -0.05) is 32.6 Å². The molecule has 21 heavy (non-hydrogen) atoms. The van der Waals surface area contributed by atoms with Crippen molar-refractivity contribution >= 4 is 17.7 Å². The number of hydrogen-bond donors (Lipinski definition) is 0. The number of unbranched alkanes of at least 4 members (excludes halogenated alkanes) is 4. The number of thioether (sulfide) groups is 1. The summed E-state index contributed by atoms with van der Waals surface area (Å²) in [5.74, 6) is 1.61. The molecule has 1 heterocycles. The Morgan fingerprint density at radius 3 is 2.71 bits per heavy atom. The molecule has 0 bridgehead atoms. The van der Waals surface area contributed by atoms with E-state index < -0.39 is 0 Å². The third kappa shape index (κ3) is 6.08. The molecule has 0 saturated carbocycles. The molecule has 0 saturated heterocycles. The molecule has 2 nitrogen and oxygen atoms in total. The van der Waals surface area contributed by atoms with Crippen molar-refractivity contribution in [3.8, 4) is 0 Å². The summed E-state index contributed by atoms with van der Waals surface area (Å²) in [5.41, 5.74) is 0. The molecule has 0 aromatic heterocycles. The van der Waals surface area contributed by atoms with Gasteiger partial charge in [-0.25, -0.2) is 4.39 Å². The molecule has 116 valence electrons. The maximum atomic E-state index is 12.8. The van der Waals surface area contributed by atoms with Crippen LogP contribution < -0.4 is 0 Å². The Hall–Kier alpha value is -1.03.